The summed E-state index contributed by atoms with van der Waals surface area (Å²) in [5.74, 6) is -0.503. The highest BCUT2D eigenvalue weighted by molar-refractivity contribution is 7.15. The number of thiazole rings is 1. The summed E-state index contributed by atoms with van der Waals surface area (Å²) >= 11 is 2.89. The smallest absolute Gasteiger partial charge is 0.342 e. The van der Waals surface area contributed by atoms with Gasteiger partial charge in [0.2, 0.25) is 0 Å². The Morgan fingerprint density at radius 1 is 1.12 bits per heavy atom. The van der Waals surface area contributed by atoms with E-state index in [1.807, 2.05) is 60.1 Å². The minimum atomic E-state index is -0.503. The number of fused-ring (bicyclic) bond motifs is 1. The summed E-state index contributed by atoms with van der Waals surface area (Å²) in [6.07, 6.45) is 1.71. The number of rotatable bonds is 6. The molecule has 7 nitrogen and oxygen atoms in total. The second-order valence-corrected chi connectivity index (χ2v) is 8.99. The van der Waals surface area contributed by atoms with Crippen LogP contribution in [0.2, 0.25) is 0 Å². The van der Waals surface area contributed by atoms with Gasteiger partial charge in [-0.25, -0.2) is 9.78 Å². The number of ether oxygens (including phenoxy) is 1. The number of nitrogens with zero attached hydrogens (tertiary/aromatic N) is 4. The van der Waals surface area contributed by atoms with Gasteiger partial charge in [-0.05, 0) is 23.9 Å². The van der Waals surface area contributed by atoms with Crippen LogP contribution in [0.15, 0.2) is 70.3 Å². The lowest BCUT2D eigenvalue weighted by atomic mass is 10.2. The van der Waals surface area contributed by atoms with Crippen LogP contribution < -0.4 is 5.56 Å². The average Bonchev–Trinajstić information content (AvgIpc) is 3.53. The molecule has 0 N–H and O–H groups in total. The predicted molar refractivity (Wildman–Crippen MR) is 124 cm³/mol. The van der Waals surface area contributed by atoms with Crippen LogP contribution in [0.4, 0.5) is 0 Å². The molecule has 4 heterocycles. The predicted octanol–water partition coefficient (Wildman–Crippen LogP) is 4.39. The first-order valence-corrected chi connectivity index (χ1v) is 11.6. The molecule has 5 aromatic rings. The summed E-state index contributed by atoms with van der Waals surface area (Å²) in [5, 5.41) is 8.45. The maximum absolute atomic E-state index is 13.0. The van der Waals surface area contributed by atoms with Gasteiger partial charge >= 0.3 is 5.97 Å². The first-order chi connectivity index (χ1) is 15.6. The summed E-state index contributed by atoms with van der Waals surface area (Å²) in [6, 6.07) is 15.2. The zero-order chi connectivity index (χ0) is 22.1. The number of carbonyl (C=O) groups excluding carboxylic acids is 1. The maximum Gasteiger partial charge on any atom is 0.342 e. The number of aryl methyl sites for hydroxylation is 1. The number of aromatic nitrogens is 4. The Bertz CT molecular complexity index is 1450. The van der Waals surface area contributed by atoms with Crippen LogP contribution in [0.3, 0.4) is 0 Å². The van der Waals surface area contributed by atoms with E-state index in [4.69, 9.17) is 4.74 Å². The highest BCUT2D eigenvalue weighted by atomic mass is 32.1. The molecule has 0 aliphatic carbocycles. The number of hydrogen-bond acceptors (Lipinski definition) is 7. The van der Waals surface area contributed by atoms with Gasteiger partial charge < -0.3 is 4.74 Å². The Hall–Kier alpha value is -3.56. The Morgan fingerprint density at radius 2 is 1.97 bits per heavy atom. The van der Waals surface area contributed by atoms with Gasteiger partial charge in [0.1, 0.15) is 17.9 Å². The molecule has 1 aromatic carbocycles. The monoisotopic (exact) mass is 462 g/mol. The third kappa shape index (κ3) is 4.00. The van der Waals surface area contributed by atoms with E-state index in [1.165, 1.54) is 28.7 Å². The van der Waals surface area contributed by atoms with E-state index >= 15 is 0 Å². The van der Waals surface area contributed by atoms with Crippen molar-refractivity contribution in [3.8, 4) is 10.6 Å². The van der Waals surface area contributed by atoms with Crippen molar-refractivity contribution in [1.82, 2.24) is 19.2 Å². The highest BCUT2D eigenvalue weighted by Crippen LogP contribution is 2.27. The molecule has 32 heavy (non-hydrogen) atoms. The van der Waals surface area contributed by atoms with Crippen LogP contribution in [0.25, 0.3) is 15.5 Å². The average molecular weight is 463 g/mol. The molecule has 0 spiro atoms. The highest BCUT2D eigenvalue weighted by Gasteiger charge is 2.21. The molecule has 160 valence electrons. The first kappa shape index (κ1) is 20.3. The third-order valence-electron chi connectivity index (χ3n) is 4.90. The summed E-state index contributed by atoms with van der Waals surface area (Å²) in [4.78, 5) is 31.2. The van der Waals surface area contributed by atoms with Crippen molar-refractivity contribution in [3.63, 3.8) is 0 Å². The van der Waals surface area contributed by atoms with Crippen molar-refractivity contribution in [2.75, 3.05) is 0 Å². The molecule has 0 amide bonds. The van der Waals surface area contributed by atoms with E-state index < -0.39 is 5.97 Å². The van der Waals surface area contributed by atoms with Gasteiger partial charge in [-0.15, -0.1) is 22.7 Å². The van der Waals surface area contributed by atoms with Crippen LogP contribution in [0.1, 0.15) is 27.3 Å². The largest absolute Gasteiger partial charge is 0.455 e. The minimum absolute atomic E-state index is 0.0880. The lowest BCUT2D eigenvalue weighted by Gasteiger charge is -2.04. The van der Waals surface area contributed by atoms with E-state index in [0.29, 0.717) is 28.5 Å². The normalized spacial score (nSPS) is 11.2. The topological polar surface area (TPSA) is 78.5 Å². The summed E-state index contributed by atoms with van der Waals surface area (Å²) in [5.41, 5.74) is 3.11. The lowest BCUT2D eigenvalue weighted by molar-refractivity contribution is 0.0468. The molecular formula is C23H18N4O3S2. The van der Waals surface area contributed by atoms with E-state index in [2.05, 4.69) is 10.1 Å². The molecular weight excluding hydrogens is 444 g/mol. The van der Waals surface area contributed by atoms with Crippen molar-refractivity contribution < 1.29 is 9.53 Å². The van der Waals surface area contributed by atoms with Gasteiger partial charge in [0.25, 0.3) is 5.56 Å². The molecule has 0 aliphatic rings. The lowest BCUT2D eigenvalue weighted by Crippen LogP contribution is -2.16. The number of carbonyl (C=O) groups is 1. The van der Waals surface area contributed by atoms with Crippen LogP contribution >= 0.6 is 22.7 Å². The van der Waals surface area contributed by atoms with Crippen LogP contribution in [-0.2, 0) is 17.9 Å². The standard InChI is InChI=1S/C23H18N4O3S2/c1-15-14-32-23-24-17(10-20(28)27(15)23)13-30-22(29)18-12-26(11-16-6-3-2-4-7-16)25-21(18)19-8-5-9-31-19/h2-10,12,14H,11,13H2,1H3. The number of esters is 1. The van der Waals surface area contributed by atoms with E-state index in [-0.39, 0.29) is 12.2 Å². The van der Waals surface area contributed by atoms with Gasteiger partial charge in [0.15, 0.2) is 4.96 Å². The van der Waals surface area contributed by atoms with Gasteiger partial charge in [-0.1, -0.05) is 36.4 Å². The molecule has 0 bridgehead atoms. The van der Waals surface area contributed by atoms with Crippen molar-refractivity contribution >= 4 is 33.6 Å². The Kier molecular flexibility index (Phi) is 5.42. The Morgan fingerprint density at radius 3 is 2.75 bits per heavy atom. The molecule has 0 aliphatic heterocycles. The van der Waals surface area contributed by atoms with Crippen molar-refractivity contribution in [3.05, 3.63) is 98.4 Å². The first-order valence-electron chi connectivity index (χ1n) is 9.87. The number of thiophene rings is 1. The summed E-state index contributed by atoms with van der Waals surface area (Å²) in [6.45, 7) is 2.31. The third-order valence-corrected chi connectivity index (χ3v) is 6.72. The number of benzene rings is 1. The SMILES string of the molecule is Cc1csc2nc(COC(=O)c3cn(Cc4ccccc4)nc3-c3cccs3)cc(=O)n12. The van der Waals surface area contributed by atoms with Gasteiger partial charge in [0, 0.05) is 23.3 Å². The molecule has 9 heteroatoms. The molecule has 5 rings (SSSR count). The van der Waals surface area contributed by atoms with Crippen molar-refractivity contribution in [1.29, 1.82) is 0 Å². The van der Waals surface area contributed by atoms with Crippen LogP contribution in [0, 0.1) is 6.92 Å². The van der Waals surface area contributed by atoms with Gasteiger partial charge in [-0.2, -0.15) is 5.10 Å². The second kappa shape index (κ2) is 8.52. The van der Waals surface area contributed by atoms with Gasteiger partial charge in [0.05, 0.1) is 17.1 Å². The zero-order valence-electron chi connectivity index (χ0n) is 17.1. The van der Waals surface area contributed by atoms with E-state index in [0.717, 1.165) is 16.1 Å². The van der Waals surface area contributed by atoms with Gasteiger partial charge in [-0.3, -0.25) is 13.9 Å². The fourth-order valence-corrected chi connectivity index (χ4v) is 5.02. The summed E-state index contributed by atoms with van der Waals surface area (Å²) < 4.78 is 8.82. The van der Waals surface area contributed by atoms with Crippen molar-refractivity contribution in [2.45, 2.75) is 20.1 Å². The molecule has 0 saturated heterocycles. The molecule has 4 aromatic heterocycles. The minimum Gasteiger partial charge on any atom is -0.455 e. The fraction of sp³-hybridized carbons (Fsp3) is 0.130. The fourth-order valence-electron chi connectivity index (χ4n) is 3.41. The van der Waals surface area contributed by atoms with Crippen molar-refractivity contribution in [2.24, 2.45) is 0 Å². The zero-order valence-corrected chi connectivity index (χ0v) is 18.7. The van der Waals surface area contributed by atoms with E-state index in [9.17, 15) is 9.59 Å². The second-order valence-electron chi connectivity index (χ2n) is 7.21. The quantitative estimate of drug-likeness (QED) is 0.350. The van der Waals surface area contributed by atoms with Crippen LogP contribution in [0.5, 0.6) is 0 Å². The Labute approximate surface area is 191 Å². The van der Waals surface area contributed by atoms with Crippen LogP contribution in [-0.4, -0.2) is 25.1 Å². The molecule has 0 radical (unpaired) electrons. The number of hydrogen-bond donors (Lipinski definition) is 0. The molecule has 0 fully saturated rings. The molecule has 0 saturated carbocycles. The molecule has 0 unspecified atom stereocenters. The van der Waals surface area contributed by atoms with E-state index in [1.54, 1.807) is 15.3 Å². The molecule has 0 atom stereocenters. The summed E-state index contributed by atoms with van der Waals surface area (Å²) in [7, 11) is 0. The Balaban J connectivity index is 1.40. The maximum atomic E-state index is 13.0.